The van der Waals surface area contributed by atoms with Crippen molar-refractivity contribution < 1.29 is 4.79 Å². The minimum atomic E-state index is 0.737. The number of benzene rings is 2. The summed E-state index contributed by atoms with van der Waals surface area (Å²) in [5, 5.41) is 3.05. The molecule has 0 fully saturated rings. The summed E-state index contributed by atoms with van der Waals surface area (Å²) in [4.78, 5) is 10.1. The van der Waals surface area contributed by atoms with Crippen molar-refractivity contribution in [2.45, 2.75) is 13.8 Å². The summed E-state index contributed by atoms with van der Waals surface area (Å²) in [6, 6.07) is 15.8. The molecule has 0 saturated carbocycles. The quantitative estimate of drug-likeness (QED) is 0.809. The van der Waals surface area contributed by atoms with Crippen molar-refractivity contribution in [1.82, 2.24) is 0 Å². The molecule has 18 heavy (non-hydrogen) atoms. The van der Waals surface area contributed by atoms with Crippen molar-refractivity contribution in [1.29, 1.82) is 0 Å². The molecule has 2 rings (SSSR count). The van der Waals surface area contributed by atoms with E-state index >= 15 is 0 Å². The average molecular weight is 241 g/mol. The number of aldehydes is 1. The third-order valence-corrected chi connectivity index (χ3v) is 2.55. The van der Waals surface area contributed by atoms with Crippen molar-refractivity contribution in [3.05, 3.63) is 65.2 Å². The van der Waals surface area contributed by atoms with E-state index in [-0.39, 0.29) is 0 Å². The summed E-state index contributed by atoms with van der Waals surface area (Å²) in [6.07, 6.45) is 0.847. The molecule has 0 aromatic heterocycles. The molecule has 2 nitrogen and oxygen atoms in total. The van der Waals surface area contributed by atoms with Crippen molar-refractivity contribution in [2.24, 2.45) is 0 Å². The lowest BCUT2D eigenvalue weighted by atomic mass is 10.2. The second-order valence-electron chi connectivity index (χ2n) is 4.14. The van der Waals surface area contributed by atoms with Gasteiger partial charge in [0, 0.05) is 18.3 Å². The van der Waals surface area contributed by atoms with Crippen LogP contribution in [0.4, 0.5) is 5.69 Å². The zero-order chi connectivity index (χ0) is 13.4. The molecule has 0 aliphatic rings. The van der Waals surface area contributed by atoms with Gasteiger partial charge in [0.2, 0.25) is 0 Å². The Labute approximate surface area is 109 Å². The standard InChI is InChI=1S/C8H11N.C8H8O/c1-7-3-5-8(9-2)6-4-7;1-7-2-4-8(6-9)5-3-7/h3-6,9H,1-2H3;2-6H,1H3. The lowest BCUT2D eigenvalue weighted by molar-refractivity contribution is 0.112. The first-order valence-electron chi connectivity index (χ1n) is 5.92. The van der Waals surface area contributed by atoms with Crippen LogP contribution in [0, 0.1) is 13.8 Å². The molecule has 2 aromatic rings. The van der Waals surface area contributed by atoms with Crippen LogP contribution in [0.3, 0.4) is 0 Å². The molecule has 0 aliphatic carbocycles. The highest BCUT2D eigenvalue weighted by atomic mass is 16.1. The molecular formula is C16H19NO. The van der Waals surface area contributed by atoms with Crippen LogP contribution in [-0.2, 0) is 0 Å². The average Bonchev–Trinajstić information content (AvgIpc) is 2.41. The molecule has 2 heteroatoms. The Morgan fingerprint density at radius 1 is 0.833 bits per heavy atom. The van der Waals surface area contributed by atoms with E-state index in [4.69, 9.17) is 0 Å². The van der Waals surface area contributed by atoms with Crippen molar-refractivity contribution >= 4 is 12.0 Å². The van der Waals surface area contributed by atoms with Gasteiger partial charge in [-0.15, -0.1) is 0 Å². The molecule has 0 radical (unpaired) electrons. The predicted octanol–water partition coefficient (Wildman–Crippen LogP) is 3.84. The number of carbonyl (C=O) groups is 1. The van der Waals surface area contributed by atoms with E-state index in [2.05, 4.69) is 36.5 Å². The maximum absolute atomic E-state index is 10.1. The third-order valence-electron chi connectivity index (χ3n) is 2.55. The molecule has 0 atom stereocenters. The SMILES string of the molecule is CNc1ccc(C)cc1.Cc1ccc(C=O)cc1. The summed E-state index contributed by atoms with van der Waals surface area (Å²) in [7, 11) is 1.92. The summed E-state index contributed by atoms with van der Waals surface area (Å²) >= 11 is 0. The maximum Gasteiger partial charge on any atom is 0.150 e. The van der Waals surface area contributed by atoms with Crippen LogP contribution in [0.1, 0.15) is 21.5 Å². The molecule has 0 amide bonds. The Kier molecular flexibility index (Phi) is 5.65. The van der Waals surface area contributed by atoms with Crippen LogP contribution in [0.15, 0.2) is 48.5 Å². The molecule has 0 unspecified atom stereocenters. The van der Waals surface area contributed by atoms with Gasteiger partial charge in [0.15, 0.2) is 0 Å². The number of nitrogens with one attached hydrogen (secondary N) is 1. The Morgan fingerprint density at radius 3 is 1.67 bits per heavy atom. The molecule has 0 spiro atoms. The van der Waals surface area contributed by atoms with Gasteiger partial charge >= 0.3 is 0 Å². The highest BCUT2D eigenvalue weighted by Gasteiger charge is 1.85. The first-order valence-corrected chi connectivity index (χ1v) is 5.92. The first-order chi connectivity index (χ1) is 8.65. The maximum atomic E-state index is 10.1. The molecule has 1 N–H and O–H groups in total. The number of aryl methyl sites for hydroxylation is 2. The second kappa shape index (κ2) is 7.28. The third kappa shape index (κ3) is 4.83. The van der Waals surface area contributed by atoms with Gasteiger partial charge in [-0.05, 0) is 26.0 Å². The smallest absolute Gasteiger partial charge is 0.150 e. The van der Waals surface area contributed by atoms with E-state index in [1.165, 1.54) is 16.8 Å². The van der Waals surface area contributed by atoms with Crippen LogP contribution in [0.5, 0.6) is 0 Å². The fraction of sp³-hybridized carbons (Fsp3) is 0.188. The fourth-order valence-electron chi connectivity index (χ4n) is 1.37. The van der Waals surface area contributed by atoms with Gasteiger partial charge in [-0.2, -0.15) is 0 Å². The van der Waals surface area contributed by atoms with Crippen LogP contribution in [-0.4, -0.2) is 13.3 Å². The van der Waals surface area contributed by atoms with Crippen molar-refractivity contribution in [3.8, 4) is 0 Å². The zero-order valence-electron chi connectivity index (χ0n) is 11.1. The van der Waals surface area contributed by atoms with Crippen molar-refractivity contribution in [2.75, 3.05) is 12.4 Å². The predicted molar refractivity (Wildman–Crippen MR) is 77.3 cm³/mol. The Morgan fingerprint density at radius 2 is 1.28 bits per heavy atom. The molecule has 94 valence electrons. The van der Waals surface area contributed by atoms with Crippen LogP contribution < -0.4 is 5.32 Å². The number of hydrogen-bond donors (Lipinski definition) is 1. The molecule has 0 aliphatic heterocycles. The van der Waals surface area contributed by atoms with Gasteiger partial charge in [0.05, 0.1) is 0 Å². The lowest BCUT2D eigenvalue weighted by Crippen LogP contribution is -1.85. The van der Waals surface area contributed by atoms with Gasteiger partial charge in [0.25, 0.3) is 0 Å². The minimum absolute atomic E-state index is 0.737. The number of rotatable bonds is 2. The summed E-state index contributed by atoms with van der Waals surface area (Å²) in [5.74, 6) is 0. The highest BCUT2D eigenvalue weighted by molar-refractivity contribution is 5.74. The monoisotopic (exact) mass is 241 g/mol. The molecular weight excluding hydrogens is 222 g/mol. The van der Waals surface area contributed by atoms with Gasteiger partial charge in [-0.3, -0.25) is 4.79 Å². The molecule has 0 bridgehead atoms. The van der Waals surface area contributed by atoms with Gasteiger partial charge < -0.3 is 5.32 Å². The number of anilines is 1. The summed E-state index contributed by atoms with van der Waals surface area (Å²) in [5.41, 5.74) is 4.39. The molecule has 2 aromatic carbocycles. The largest absolute Gasteiger partial charge is 0.388 e. The van der Waals surface area contributed by atoms with Gasteiger partial charge in [-0.25, -0.2) is 0 Å². The summed E-state index contributed by atoms with van der Waals surface area (Å²) < 4.78 is 0. The Hall–Kier alpha value is -2.09. The zero-order valence-corrected chi connectivity index (χ0v) is 11.1. The lowest BCUT2D eigenvalue weighted by Gasteiger charge is -1.97. The van der Waals surface area contributed by atoms with E-state index < -0.39 is 0 Å². The van der Waals surface area contributed by atoms with Crippen LogP contribution >= 0.6 is 0 Å². The van der Waals surface area contributed by atoms with Crippen LogP contribution in [0.2, 0.25) is 0 Å². The Balaban J connectivity index is 0.000000180. The number of carbonyl (C=O) groups excluding carboxylic acids is 1. The van der Waals surface area contributed by atoms with Gasteiger partial charge in [0.1, 0.15) is 6.29 Å². The molecule has 0 saturated heterocycles. The second-order valence-corrected chi connectivity index (χ2v) is 4.14. The molecule has 0 heterocycles. The van der Waals surface area contributed by atoms with E-state index in [1.54, 1.807) is 0 Å². The first kappa shape index (κ1) is 14.0. The van der Waals surface area contributed by atoms with E-state index in [9.17, 15) is 4.79 Å². The van der Waals surface area contributed by atoms with Crippen LogP contribution in [0.25, 0.3) is 0 Å². The minimum Gasteiger partial charge on any atom is -0.388 e. The van der Waals surface area contributed by atoms with E-state index in [0.29, 0.717) is 0 Å². The summed E-state index contributed by atoms with van der Waals surface area (Å²) in [6.45, 7) is 4.08. The van der Waals surface area contributed by atoms with E-state index in [1.807, 2.05) is 38.2 Å². The highest BCUT2D eigenvalue weighted by Crippen LogP contribution is 2.06. The van der Waals surface area contributed by atoms with Gasteiger partial charge in [-0.1, -0.05) is 47.5 Å². The Bertz CT molecular complexity index is 471. The normalized spacial score (nSPS) is 9.06. The number of hydrogen-bond acceptors (Lipinski definition) is 2. The van der Waals surface area contributed by atoms with E-state index in [0.717, 1.165) is 11.8 Å². The fourth-order valence-corrected chi connectivity index (χ4v) is 1.37. The van der Waals surface area contributed by atoms with Crippen molar-refractivity contribution in [3.63, 3.8) is 0 Å². The topological polar surface area (TPSA) is 29.1 Å².